The zero-order chi connectivity index (χ0) is 12.8. The summed E-state index contributed by atoms with van der Waals surface area (Å²) < 4.78 is 8.24. The molecular formula is C12H22BrN3O. The summed E-state index contributed by atoms with van der Waals surface area (Å²) in [7, 11) is 3.73. The van der Waals surface area contributed by atoms with Gasteiger partial charge in [0.15, 0.2) is 0 Å². The molecule has 0 fully saturated rings. The number of hydrogen-bond acceptors (Lipinski definition) is 3. The van der Waals surface area contributed by atoms with E-state index in [9.17, 15) is 0 Å². The van der Waals surface area contributed by atoms with Crippen molar-refractivity contribution in [3.05, 3.63) is 16.4 Å². The first kappa shape index (κ1) is 14.7. The summed E-state index contributed by atoms with van der Waals surface area (Å²) in [6.45, 7) is 5.08. The Hall–Kier alpha value is -0.390. The Kier molecular flexibility index (Phi) is 6.16. The van der Waals surface area contributed by atoms with Gasteiger partial charge in [0, 0.05) is 19.8 Å². The second-order valence-electron chi connectivity index (χ2n) is 4.39. The highest BCUT2D eigenvalue weighted by Crippen LogP contribution is 2.28. The lowest BCUT2D eigenvalue weighted by Crippen LogP contribution is -2.22. The molecule has 0 aliphatic heterocycles. The summed E-state index contributed by atoms with van der Waals surface area (Å²) in [5.74, 6) is 0. The molecule has 1 atom stereocenters. The van der Waals surface area contributed by atoms with E-state index < -0.39 is 0 Å². The lowest BCUT2D eigenvalue weighted by molar-refractivity contribution is 0.188. The third-order valence-electron chi connectivity index (χ3n) is 2.80. The van der Waals surface area contributed by atoms with Gasteiger partial charge in [-0.25, -0.2) is 0 Å². The van der Waals surface area contributed by atoms with Crippen molar-refractivity contribution < 1.29 is 4.74 Å². The van der Waals surface area contributed by atoms with E-state index in [-0.39, 0.29) is 0 Å². The molecule has 17 heavy (non-hydrogen) atoms. The Balaban J connectivity index is 2.82. The third kappa shape index (κ3) is 3.79. The molecule has 0 aliphatic carbocycles. The summed E-state index contributed by atoms with van der Waals surface area (Å²) in [4.78, 5) is 0. The number of rotatable bonds is 7. The molecule has 0 spiro atoms. The quantitative estimate of drug-likeness (QED) is 0.787. The van der Waals surface area contributed by atoms with E-state index in [0.717, 1.165) is 23.9 Å². The van der Waals surface area contributed by atoms with Gasteiger partial charge in [-0.1, -0.05) is 0 Å². The molecule has 0 aliphatic rings. The van der Waals surface area contributed by atoms with Crippen LogP contribution in [0, 0.1) is 0 Å². The second kappa shape index (κ2) is 7.13. The van der Waals surface area contributed by atoms with Gasteiger partial charge in [-0.15, -0.1) is 0 Å². The Morgan fingerprint density at radius 1 is 1.53 bits per heavy atom. The van der Waals surface area contributed by atoms with Crippen molar-refractivity contribution in [2.45, 2.75) is 38.8 Å². The minimum absolute atomic E-state index is 0.310. The van der Waals surface area contributed by atoms with E-state index in [0.29, 0.717) is 12.1 Å². The lowest BCUT2D eigenvalue weighted by atomic mass is 10.1. The number of nitrogens with zero attached hydrogens (tertiary/aromatic N) is 2. The van der Waals surface area contributed by atoms with Crippen molar-refractivity contribution in [2.24, 2.45) is 0 Å². The maximum absolute atomic E-state index is 5.10. The van der Waals surface area contributed by atoms with Crippen molar-refractivity contribution >= 4 is 15.9 Å². The number of nitrogens with one attached hydrogen (secondary N) is 1. The number of ether oxygens (including phenoxy) is 1. The highest BCUT2D eigenvalue weighted by atomic mass is 79.9. The van der Waals surface area contributed by atoms with Crippen LogP contribution in [0.5, 0.6) is 0 Å². The Labute approximate surface area is 112 Å². The van der Waals surface area contributed by atoms with E-state index in [2.05, 4.69) is 44.9 Å². The smallest absolute Gasteiger partial charge is 0.0698 e. The number of aromatic nitrogens is 2. The van der Waals surface area contributed by atoms with Gasteiger partial charge < -0.3 is 10.1 Å². The Morgan fingerprint density at radius 2 is 2.24 bits per heavy atom. The molecule has 1 aromatic heterocycles. The molecule has 0 saturated carbocycles. The van der Waals surface area contributed by atoms with Crippen molar-refractivity contribution in [2.75, 3.05) is 20.8 Å². The molecule has 1 heterocycles. The fourth-order valence-electron chi connectivity index (χ4n) is 1.94. The minimum atomic E-state index is 0.310. The van der Waals surface area contributed by atoms with Gasteiger partial charge in [-0.2, -0.15) is 5.10 Å². The van der Waals surface area contributed by atoms with Gasteiger partial charge in [0.1, 0.15) is 0 Å². The molecule has 98 valence electrons. The largest absolute Gasteiger partial charge is 0.385 e. The van der Waals surface area contributed by atoms with E-state index in [1.165, 1.54) is 5.69 Å². The predicted molar refractivity (Wildman–Crippen MR) is 73.2 cm³/mol. The van der Waals surface area contributed by atoms with Gasteiger partial charge in [-0.3, -0.25) is 4.68 Å². The normalized spacial score (nSPS) is 13.3. The summed E-state index contributed by atoms with van der Waals surface area (Å²) in [6.07, 6.45) is 3.95. The molecule has 0 amide bonds. The summed E-state index contributed by atoms with van der Waals surface area (Å²) in [6, 6.07) is 0.680. The van der Waals surface area contributed by atoms with Crippen LogP contribution in [0.2, 0.25) is 0 Å². The van der Waals surface area contributed by atoms with E-state index >= 15 is 0 Å². The van der Waals surface area contributed by atoms with Crippen LogP contribution in [0.4, 0.5) is 0 Å². The average molecular weight is 304 g/mol. The second-order valence-corrected chi connectivity index (χ2v) is 5.25. The van der Waals surface area contributed by atoms with Gasteiger partial charge in [-0.05, 0) is 49.7 Å². The molecule has 4 nitrogen and oxygen atoms in total. The van der Waals surface area contributed by atoms with Gasteiger partial charge in [0.2, 0.25) is 0 Å². The van der Waals surface area contributed by atoms with Crippen molar-refractivity contribution in [1.82, 2.24) is 15.1 Å². The molecule has 1 N–H and O–H groups in total. The minimum Gasteiger partial charge on any atom is -0.385 e. The molecule has 5 heteroatoms. The first-order chi connectivity index (χ1) is 8.11. The van der Waals surface area contributed by atoms with Gasteiger partial charge in [0.05, 0.1) is 22.4 Å². The molecule has 1 rings (SSSR count). The molecule has 1 unspecified atom stereocenters. The van der Waals surface area contributed by atoms with Crippen LogP contribution < -0.4 is 5.32 Å². The highest BCUT2D eigenvalue weighted by Gasteiger charge is 2.19. The van der Waals surface area contributed by atoms with Gasteiger partial charge in [0.25, 0.3) is 0 Å². The molecular weight excluding hydrogens is 282 g/mol. The fourth-order valence-corrected chi connectivity index (χ4v) is 2.49. The van der Waals surface area contributed by atoms with Crippen LogP contribution in [0.1, 0.15) is 44.5 Å². The molecule has 0 aromatic carbocycles. The molecule has 0 saturated heterocycles. The SMILES string of the molecule is CNC(CCCOC)c1c(Br)cnn1C(C)C. The van der Waals surface area contributed by atoms with Crippen LogP contribution in [0.15, 0.2) is 10.7 Å². The van der Waals surface area contributed by atoms with Crippen molar-refractivity contribution in [3.63, 3.8) is 0 Å². The Bertz CT molecular complexity index is 338. The summed E-state index contributed by atoms with van der Waals surface area (Å²) >= 11 is 3.58. The average Bonchev–Trinajstić information content (AvgIpc) is 2.67. The van der Waals surface area contributed by atoms with Crippen LogP contribution >= 0.6 is 15.9 Å². The zero-order valence-electron chi connectivity index (χ0n) is 11.0. The van der Waals surface area contributed by atoms with Crippen molar-refractivity contribution in [3.8, 4) is 0 Å². The summed E-state index contributed by atoms with van der Waals surface area (Å²) in [5, 5.41) is 7.76. The van der Waals surface area contributed by atoms with Crippen LogP contribution in [0.25, 0.3) is 0 Å². The van der Waals surface area contributed by atoms with Crippen molar-refractivity contribution in [1.29, 1.82) is 0 Å². The van der Waals surface area contributed by atoms with E-state index in [4.69, 9.17) is 4.74 Å². The molecule has 1 aromatic rings. The van der Waals surface area contributed by atoms with Gasteiger partial charge >= 0.3 is 0 Å². The topological polar surface area (TPSA) is 39.1 Å². The first-order valence-electron chi connectivity index (χ1n) is 6.00. The van der Waals surface area contributed by atoms with Crippen LogP contribution in [-0.4, -0.2) is 30.5 Å². The van der Waals surface area contributed by atoms with Crippen LogP contribution in [0.3, 0.4) is 0 Å². The predicted octanol–water partition coefficient (Wildman–Crippen LogP) is 2.91. The highest BCUT2D eigenvalue weighted by molar-refractivity contribution is 9.10. The third-order valence-corrected chi connectivity index (χ3v) is 3.41. The monoisotopic (exact) mass is 303 g/mol. The molecule has 0 bridgehead atoms. The Morgan fingerprint density at radius 3 is 2.76 bits per heavy atom. The molecule has 0 radical (unpaired) electrons. The lowest BCUT2D eigenvalue weighted by Gasteiger charge is -2.20. The standard InChI is InChI=1S/C12H22BrN3O/c1-9(2)16-12(10(13)8-15-16)11(14-3)6-5-7-17-4/h8-9,11,14H,5-7H2,1-4H3. The zero-order valence-corrected chi connectivity index (χ0v) is 12.6. The maximum Gasteiger partial charge on any atom is 0.0698 e. The fraction of sp³-hybridized carbons (Fsp3) is 0.750. The number of hydrogen-bond donors (Lipinski definition) is 1. The van der Waals surface area contributed by atoms with Crippen LogP contribution in [-0.2, 0) is 4.74 Å². The number of halogens is 1. The maximum atomic E-state index is 5.10. The number of methoxy groups -OCH3 is 1. The van der Waals surface area contributed by atoms with E-state index in [1.54, 1.807) is 7.11 Å². The first-order valence-corrected chi connectivity index (χ1v) is 6.80. The summed E-state index contributed by atoms with van der Waals surface area (Å²) in [5.41, 5.74) is 1.22. The van der Waals surface area contributed by atoms with E-state index in [1.807, 2.05) is 13.2 Å².